The fourth-order valence-corrected chi connectivity index (χ4v) is 2.54. The average Bonchev–Trinajstić information content (AvgIpc) is 2.67. The smallest absolute Gasteiger partial charge is 0.203 e. The summed E-state index contributed by atoms with van der Waals surface area (Å²) in [6, 6.07) is 0.653. The fourth-order valence-electron chi connectivity index (χ4n) is 1.90. The van der Waals surface area contributed by atoms with Gasteiger partial charge in [0.05, 0.1) is 6.54 Å². The highest BCUT2D eigenvalue weighted by Crippen LogP contribution is 2.25. The van der Waals surface area contributed by atoms with E-state index in [2.05, 4.69) is 28.9 Å². The highest BCUT2D eigenvalue weighted by atomic mass is 32.1. The Balaban J connectivity index is 1.98. The lowest BCUT2D eigenvalue weighted by molar-refractivity contribution is 0.238. The van der Waals surface area contributed by atoms with E-state index >= 15 is 0 Å². The van der Waals surface area contributed by atoms with Crippen LogP contribution in [0.2, 0.25) is 0 Å². The molecule has 0 amide bonds. The van der Waals surface area contributed by atoms with Gasteiger partial charge in [-0.3, -0.25) is 4.90 Å². The average molecular weight is 212 g/mol. The molecule has 2 N–H and O–H groups in total. The van der Waals surface area contributed by atoms with E-state index in [-0.39, 0.29) is 0 Å². The highest BCUT2D eigenvalue weighted by molar-refractivity contribution is 7.15. The van der Waals surface area contributed by atoms with Gasteiger partial charge in [-0.2, -0.15) is 0 Å². The van der Waals surface area contributed by atoms with Crippen LogP contribution in [0.3, 0.4) is 0 Å². The number of nitrogens with zero attached hydrogens (tertiary/aromatic N) is 3. The molecule has 0 aliphatic carbocycles. The summed E-state index contributed by atoms with van der Waals surface area (Å²) >= 11 is 1.49. The Kier molecular flexibility index (Phi) is 2.69. The molecule has 2 unspecified atom stereocenters. The van der Waals surface area contributed by atoms with Gasteiger partial charge < -0.3 is 5.73 Å². The zero-order chi connectivity index (χ0) is 10.1. The van der Waals surface area contributed by atoms with E-state index in [0.717, 1.165) is 17.5 Å². The third-order valence-electron chi connectivity index (χ3n) is 3.09. The molecule has 0 radical (unpaired) electrons. The van der Waals surface area contributed by atoms with Gasteiger partial charge in [0, 0.05) is 6.04 Å². The van der Waals surface area contributed by atoms with Crippen molar-refractivity contribution in [2.45, 2.75) is 32.9 Å². The number of likely N-dealkylation sites (tertiary alicyclic amines) is 1. The minimum absolute atomic E-state index is 0.569. The monoisotopic (exact) mass is 212 g/mol. The number of nitrogens with two attached hydrogens (primary N) is 1. The Morgan fingerprint density at radius 3 is 2.79 bits per heavy atom. The number of rotatable bonds is 2. The molecule has 1 aliphatic heterocycles. The molecule has 1 aliphatic rings. The van der Waals surface area contributed by atoms with Crippen LogP contribution in [0.4, 0.5) is 5.13 Å². The van der Waals surface area contributed by atoms with Crippen LogP contribution in [0.1, 0.15) is 25.3 Å². The van der Waals surface area contributed by atoms with Gasteiger partial charge >= 0.3 is 0 Å². The van der Waals surface area contributed by atoms with E-state index < -0.39 is 0 Å². The van der Waals surface area contributed by atoms with Crippen LogP contribution in [0.25, 0.3) is 0 Å². The predicted molar refractivity (Wildman–Crippen MR) is 58.0 cm³/mol. The second kappa shape index (κ2) is 3.82. The standard InChI is InChI=1S/C9H16N4S/c1-6-3-4-13(7(6)2)5-8-11-12-9(10)14-8/h6-7H,3-5H2,1-2H3,(H2,10,12). The summed E-state index contributed by atoms with van der Waals surface area (Å²) in [6.45, 7) is 6.66. The molecule has 78 valence electrons. The molecule has 1 fully saturated rings. The van der Waals surface area contributed by atoms with Gasteiger partial charge in [0.25, 0.3) is 0 Å². The number of aromatic nitrogens is 2. The first-order chi connectivity index (χ1) is 6.66. The molecule has 4 nitrogen and oxygen atoms in total. The Morgan fingerprint density at radius 2 is 2.29 bits per heavy atom. The topological polar surface area (TPSA) is 55.0 Å². The molecule has 2 rings (SSSR count). The summed E-state index contributed by atoms with van der Waals surface area (Å²) in [7, 11) is 0. The second-order valence-corrected chi connectivity index (χ2v) is 5.10. The molecular weight excluding hydrogens is 196 g/mol. The molecule has 2 atom stereocenters. The van der Waals surface area contributed by atoms with Crippen LogP contribution in [-0.4, -0.2) is 27.7 Å². The minimum atomic E-state index is 0.569. The van der Waals surface area contributed by atoms with Crippen molar-refractivity contribution in [2.24, 2.45) is 5.92 Å². The fraction of sp³-hybridized carbons (Fsp3) is 0.778. The van der Waals surface area contributed by atoms with Gasteiger partial charge in [-0.05, 0) is 25.8 Å². The van der Waals surface area contributed by atoms with E-state index in [0.29, 0.717) is 11.2 Å². The number of nitrogen functional groups attached to an aromatic ring is 1. The molecule has 0 saturated carbocycles. The molecule has 1 aromatic rings. The summed E-state index contributed by atoms with van der Waals surface area (Å²) in [5.74, 6) is 0.792. The van der Waals surface area contributed by atoms with Crippen LogP contribution < -0.4 is 5.73 Å². The van der Waals surface area contributed by atoms with Crippen LogP contribution in [0.5, 0.6) is 0 Å². The molecule has 0 aromatic carbocycles. The lowest BCUT2D eigenvalue weighted by Crippen LogP contribution is -2.28. The van der Waals surface area contributed by atoms with Crippen molar-refractivity contribution in [1.82, 2.24) is 15.1 Å². The maximum absolute atomic E-state index is 5.54. The third kappa shape index (κ3) is 1.88. The van der Waals surface area contributed by atoms with E-state index in [1.165, 1.54) is 24.3 Å². The summed E-state index contributed by atoms with van der Waals surface area (Å²) in [4.78, 5) is 2.45. The summed E-state index contributed by atoms with van der Waals surface area (Å²) < 4.78 is 0. The summed E-state index contributed by atoms with van der Waals surface area (Å²) in [5.41, 5.74) is 5.54. The van der Waals surface area contributed by atoms with Crippen molar-refractivity contribution in [1.29, 1.82) is 0 Å². The zero-order valence-corrected chi connectivity index (χ0v) is 9.42. The van der Waals surface area contributed by atoms with Crippen molar-refractivity contribution in [3.8, 4) is 0 Å². The number of hydrogen-bond acceptors (Lipinski definition) is 5. The summed E-state index contributed by atoms with van der Waals surface area (Å²) in [6.07, 6.45) is 1.29. The molecule has 2 heterocycles. The van der Waals surface area contributed by atoms with Gasteiger partial charge in [0.15, 0.2) is 0 Å². The SMILES string of the molecule is CC1CCN(Cc2nnc(N)s2)C1C. The first-order valence-electron chi connectivity index (χ1n) is 4.98. The van der Waals surface area contributed by atoms with Crippen molar-refractivity contribution < 1.29 is 0 Å². The van der Waals surface area contributed by atoms with Gasteiger partial charge in [0.2, 0.25) is 5.13 Å². The van der Waals surface area contributed by atoms with E-state index in [1.54, 1.807) is 0 Å². The predicted octanol–water partition coefficient (Wildman–Crippen LogP) is 1.35. The molecule has 14 heavy (non-hydrogen) atoms. The number of hydrogen-bond donors (Lipinski definition) is 1. The van der Waals surface area contributed by atoms with Gasteiger partial charge in [0.1, 0.15) is 5.01 Å². The maximum atomic E-state index is 5.54. The first kappa shape index (κ1) is 9.86. The van der Waals surface area contributed by atoms with Crippen molar-refractivity contribution in [3.63, 3.8) is 0 Å². The van der Waals surface area contributed by atoms with Crippen molar-refractivity contribution in [2.75, 3.05) is 12.3 Å². The van der Waals surface area contributed by atoms with E-state index in [4.69, 9.17) is 5.73 Å². The number of anilines is 1. The lowest BCUT2D eigenvalue weighted by atomic mass is 10.1. The highest BCUT2D eigenvalue weighted by Gasteiger charge is 2.27. The van der Waals surface area contributed by atoms with Crippen LogP contribution in [-0.2, 0) is 6.54 Å². The van der Waals surface area contributed by atoms with Gasteiger partial charge in [-0.25, -0.2) is 0 Å². The van der Waals surface area contributed by atoms with Crippen LogP contribution in [0.15, 0.2) is 0 Å². The Bertz CT molecular complexity index is 312. The molecular formula is C9H16N4S. The first-order valence-corrected chi connectivity index (χ1v) is 5.80. The second-order valence-electron chi connectivity index (χ2n) is 4.01. The minimum Gasteiger partial charge on any atom is -0.374 e. The maximum Gasteiger partial charge on any atom is 0.203 e. The van der Waals surface area contributed by atoms with Crippen molar-refractivity contribution >= 4 is 16.5 Å². The van der Waals surface area contributed by atoms with E-state index in [9.17, 15) is 0 Å². The normalized spacial score (nSPS) is 28.4. The van der Waals surface area contributed by atoms with Crippen molar-refractivity contribution in [3.05, 3.63) is 5.01 Å². The Hall–Kier alpha value is -0.680. The quantitative estimate of drug-likeness (QED) is 0.804. The molecule has 1 aromatic heterocycles. The largest absolute Gasteiger partial charge is 0.374 e. The molecule has 0 bridgehead atoms. The Labute approximate surface area is 88.1 Å². The lowest BCUT2D eigenvalue weighted by Gasteiger charge is -2.21. The van der Waals surface area contributed by atoms with Crippen LogP contribution in [0, 0.1) is 5.92 Å². The van der Waals surface area contributed by atoms with E-state index in [1.807, 2.05) is 0 Å². The molecule has 0 spiro atoms. The zero-order valence-electron chi connectivity index (χ0n) is 8.60. The molecule has 5 heteroatoms. The summed E-state index contributed by atoms with van der Waals surface area (Å²) in [5, 5.41) is 9.46. The van der Waals surface area contributed by atoms with Gasteiger partial charge in [-0.1, -0.05) is 18.3 Å². The van der Waals surface area contributed by atoms with Gasteiger partial charge in [-0.15, -0.1) is 10.2 Å². The Morgan fingerprint density at radius 1 is 1.50 bits per heavy atom. The molecule has 1 saturated heterocycles. The van der Waals surface area contributed by atoms with Crippen LogP contribution >= 0.6 is 11.3 Å². The third-order valence-corrected chi connectivity index (χ3v) is 3.83.